The Morgan fingerprint density at radius 2 is 1.75 bits per heavy atom. The monoisotopic (exact) mass is 384 g/mol. The summed E-state index contributed by atoms with van der Waals surface area (Å²) in [5.74, 6) is 1.49. The van der Waals surface area contributed by atoms with Crippen molar-refractivity contribution in [3.63, 3.8) is 0 Å². The maximum Gasteiger partial charge on any atom is 0.225 e. The predicted octanol–water partition coefficient (Wildman–Crippen LogP) is 2.68. The van der Waals surface area contributed by atoms with Gasteiger partial charge in [0.15, 0.2) is 5.96 Å². The predicted molar refractivity (Wildman–Crippen MR) is 111 cm³/mol. The van der Waals surface area contributed by atoms with Gasteiger partial charge in [-0.3, -0.25) is 4.99 Å². The highest BCUT2D eigenvalue weighted by Crippen LogP contribution is 2.24. The van der Waals surface area contributed by atoms with E-state index in [2.05, 4.69) is 45.9 Å². The minimum Gasteiger partial charge on any atom is -0.357 e. The smallest absolute Gasteiger partial charge is 0.225 e. The van der Waals surface area contributed by atoms with Crippen LogP contribution in [0.3, 0.4) is 0 Å². The molecule has 0 unspecified atom stereocenters. The lowest BCUT2D eigenvalue weighted by Crippen LogP contribution is -2.53. The number of piperazine rings is 1. The molecule has 0 aliphatic carbocycles. The molecule has 1 aliphatic heterocycles. The van der Waals surface area contributed by atoms with Gasteiger partial charge < -0.3 is 15.1 Å². The highest BCUT2D eigenvalue weighted by atomic mass is 19.1. The fourth-order valence-electron chi connectivity index (χ4n) is 3.26. The molecule has 1 aromatic carbocycles. The standard InChI is InChI=1S/C21H29FN6/c1-4-23-19(26-16-21(2,3)17-6-8-18(22)9-7-17)27-12-14-28(15-13-27)20-24-10-5-11-25-20/h5-11H,4,12-16H2,1-3H3,(H,23,26). The van der Waals surface area contributed by atoms with Crippen LogP contribution in [0.5, 0.6) is 0 Å². The lowest BCUT2D eigenvalue weighted by Gasteiger charge is -2.37. The number of rotatable bonds is 5. The lowest BCUT2D eigenvalue weighted by atomic mass is 9.85. The number of aromatic nitrogens is 2. The van der Waals surface area contributed by atoms with E-state index < -0.39 is 0 Å². The molecule has 1 aliphatic rings. The fourth-order valence-corrected chi connectivity index (χ4v) is 3.26. The van der Waals surface area contributed by atoms with Gasteiger partial charge in [-0.15, -0.1) is 0 Å². The summed E-state index contributed by atoms with van der Waals surface area (Å²) in [5.41, 5.74) is 0.910. The van der Waals surface area contributed by atoms with E-state index in [9.17, 15) is 4.39 Å². The maximum absolute atomic E-state index is 13.2. The van der Waals surface area contributed by atoms with Crippen molar-refractivity contribution in [3.05, 3.63) is 54.1 Å². The zero-order valence-electron chi connectivity index (χ0n) is 16.9. The van der Waals surface area contributed by atoms with Crippen molar-refractivity contribution in [3.8, 4) is 0 Å². The van der Waals surface area contributed by atoms with Gasteiger partial charge in [-0.1, -0.05) is 26.0 Å². The number of nitrogens with zero attached hydrogens (tertiary/aromatic N) is 5. The Morgan fingerprint density at radius 3 is 2.36 bits per heavy atom. The Balaban J connectivity index is 1.65. The van der Waals surface area contributed by atoms with E-state index >= 15 is 0 Å². The third kappa shape index (κ3) is 4.97. The van der Waals surface area contributed by atoms with E-state index in [0.717, 1.165) is 50.2 Å². The fraction of sp³-hybridized carbons (Fsp3) is 0.476. The van der Waals surface area contributed by atoms with Crippen LogP contribution in [0.1, 0.15) is 26.3 Å². The number of nitrogens with one attached hydrogen (secondary N) is 1. The molecule has 1 aromatic heterocycles. The molecule has 6 nitrogen and oxygen atoms in total. The van der Waals surface area contributed by atoms with Crippen LogP contribution in [-0.4, -0.2) is 60.1 Å². The Labute approximate surface area is 166 Å². The first-order valence-electron chi connectivity index (χ1n) is 9.81. The summed E-state index contributed by atoms with van der Waals surface area (Å²) in [7, 11) is 0. The van der Waals surface area contributed by atoms with Crippen LogP contribution in [0.2, 0.25) is 0 Å². The summed E-state index contributed by atoms with van der Waals surface area (Å²) < 4.78 is 13.2. The van der Waals surface area contributed by atoms with Crippen molar-refractivity contribution in [2.75, 3.05) is 44.2 Å². The van der Waals surface area contributed by atoms with Crippen molar-refractivity contribution in [2.45, 2.75) is 26.2 Å². The van der Waals surface area contributed by atoms with Crippen LogP contribution in [-0.2, 0) is 5.41 Å². The number of anilines is 1. The molecule has 0 saturated carbocycles. The summed E-state index contributed by atoms with van der Waals surface area (Å²) in [6.45, 7) is 11.2. The molecule has 1 N–H and O–H groups in total. The normalized spacial score (nSPS) is 15.6. The van der Waals surface area contributed by atoms with Gasteiger partial charge in [0, 0.05) is 50.5 Å². The Hall–Kier alpha value is -2.70. The molecule has 0 bridgehead atoms. The molecule has 7 heteroatoms. The van der Waals surface area contributed by atoms with Crippen LogP contribution in [0.25, 0.3) is 0 Å². The Kier molecular flexibility index (Phi) is 6.44. The lowest BCUT2D eigenvalue weighted by molar-refractivity contribution is 0.368. The van der Waals surface area contributed by atoms with Crippen LogP contribution in [0, 0.1) is 5.82 Å². The zero-order valence-corrected chi connectivity index (χ0v) is 16.9. The Morgan fingerprint density at radius 1 is 1.11 bits per heavy atom. The van der Waals surface area contributed by atoms with Gasteiger partial charge >= 0.3 is 0 Å². The van der Waals surface area contributed by atoms with Gasteiger partial charge in [0.25, 0.3) is 0 Å². The van der Waals surface area contributed by atoms with Crippen molar-refractivity contribution in [1.29, 1.82) is 0 Å². The summed E-state index contributed by atoms with van der Waals surface area (Å²) in [5, 5.41) is 3.41. The molecule has 1 fully saturated rings. The average molecular weight is 385 g/mol. The molecule has 150 valence electrons. The van der Waals surface area contributed by atoms with Gasteiger partial charge in [0.2, 0.25) is 5.95 Å². The summed E-state index contributed by atoms with van der Waals surface area (Å²) in [6.07, 6.45) is 3.55. The minimum atomic E-state index is -0.211. The zero-order chi connectivity index (χ0) is 20.0. The van der Waals surface area contributed by atoms with E-state index in [1.165, 1.54) is 12.1 Å². The number of halogens is 1. The second-order valence-corrected chi connectivity index (χ2v) is 7.58. The van der Waals surface area contributed by atoms with Crippen LogP contribution in [0.15, 0.2) is 47.7 Å². The Bertz CT molecular complexity index is 767. The van der Waals surface area contributed by atoms with Crippen LogP contribution in [0.4, 0.5) is 10.3 Å². The van der Waals surface area contributed by atoms with Gasteiger partial charge in [-0.25, -0.2) is 14.4 Å². The molecule has 28 heavy (non-hydrogen) atoms. The molecule has 3 rings (SSSR count). The van der Waals surface area contributed by atoms with Gasteiger partial charge in [-0.2, -0.15) is 0 Å². The van der Waals surface area contributed by atoms with Crippen molar-refractivity contribution < 1.29 is 4.39 Å². The number of hydrogen-bond acceptors (Lipinski definition) is 4. The molecule has 0 spiro atoms. The van der Waals surface area contributed by atoms with Gasteiger partial charge in [0.05, 0.1) is 6.54 Å². The molecule has 0 atom stereocenters. The first kappa shape index (κ1) is 20.0. The van der Waals surface area contributed by atoms with E-state index in [1.807, 2.05) is 18.2 Å². The molecule has 0 amide bonds. The summed E-state index contributed by atoms with van der Waals surface area (Å²) >= 11 is 0. The SMILES string of the molecule is CCNC(=NCC(C)(C)c1ccc(F)cc1)N1CCN(c2ncccn2)CC1. The van der Waals surface area contributed by atoms with Crippen molar-refractivity contribution in [2.24, 2.45) is 4.99 Å². The van der Waals surface area contributed by atoms with Crippen molar-refractivity contribution >= 4 is 11.9 Å². The third-order valence-corrected chi connectivity index (χ3v) is 5.00. The molecular weight excluding hydrogens is 355 g/mol. The molecule has 2 aromatic rings. The van der Waals surface area contributed by atoms with Gasteiger partial charge in [0.1, 0.15) is 5.82 Å². The topological polar surface area (TPSA) is 56.7 Å². The highest BCUT2D eigenvalue weighted by Gasteiger charge is 2.24. The van der Waals surface area contributed by atoms with E-state index in [4.69, 9.17) is 4.99 Å². The number of aliphatic imine (C=N–C) groups is 1. The summed E-state index contributed by atoms with van der Waals surface area (Å²) in [4.78, 5) is 18.1. The maximum atomic E-state index is 13.2. The molecule has 0 radical (unpaired) electrons. The van der Waals surface area contributed by atoms with E-state index in [0.29, 0.717) is 6.54 Å². The second kappa shape index (κ2) is 8.99. The number of benzene rings is 1. The third-order valence-electron chi connectivity index (χ3n) is 5.00. The number of hydrogen-bond donors (Lipinski definition) is 1. The second-order valence-electron chi connectivity index (χ2n) is 7.58. The first-order valence-corrected chi connectivity index (χ1v) is 9.81. The minimum absolute atomic E-state index is 0.173. The molecular formula is C21H29FN6. The van der Waals surface area contributed by atoms with E-state index in [1.54, 1.807) is 12.4 Å². The largest absolute Gasteiger partial charge is 0.357 e. The molecule has 1 saturated heterocycles. The van der Waals surface area contributed by atoms with Crippen LogP contribution >= 0.6 is 0 Å². The van der Waals surface area contributed by atoms with Crippen molar-refractivity contribution in [1.82, 2.24) is 20.2 Å². The molecule has 2 heterocycles. The number of guanidine groups is 1. The van der Waals surface area contributed by atoms with Crippen LogP contribution < -0.4 is 10.2 Å². The summed E-state index contributed by atoms with van der Waals surface area (Å²) in [6, 6.07) is 8.54. The average Bonchev–Trinajstić information content (AvgIpc) is 2.72. The van der Waals surface area contributed by atoms with Gasteiger partial charge in [-0.05, 0) is 30.7 Å². The van der Waals surface area contributed by atoms with E-state index in [-0.39, 0.29) is 11.2 Å². The first-order chi connectivity index (χ1) is 13.5. The highest BCUT2D eigenvalue weighted by molar-refractivity contribution is 5.80. The quantitative estimate of drug-likeness (QED) is 0.635.